The van der Waals surface area contributed by atoms with Gasteiger partial charge in [0.05, 0.1) is 23.8 Å². The van der Waals surface area contributed by atoms with Gasteiger partial charge in [-0.2, -0.15) is 4.98 Å². The fraction of sp³-hybridized carbons (Fsp3) is 0.412. The molecule has 3 aromatic rings. The summed E-state index contributed by atoms with van der Waals surface area (Å²) in [4.78, 5) is 10.5. The second-order valence-corrected chi connectivity index (χ2v) is 8.10. The maximum Gasteiger partial charge on any atom is 0.573 e. The lowest BCUT2D eigenvalue weighted by atomic mass is 10.1. The first-order valence-corrected chi connectivity index (χ1v) is 10.0. The van der Waals surface area contributed by atoms with Crippen LogP contribution in [0.15, 0.2) is 22.1 Å². The molecule has 0 amide bonds. The van der Waals surface area contributed by atoms with Crippen LogP contribution in [0.3, 0.4) is 0 Å². The number of fused-ring (bicyclic) bond motifs is 3. The summed E-state index contributed by atoms with van der Waals surface area (Å²) in [6.07, 6.45) is -3.32. The first kappa shape index (κ1) is 18.9. The summed E-state index contributed by atoms with van der Waals surface area (Å²) in [5.41, 5.74) is 0.528. The van der Waals surface area contributed by atoms with Crippen LogP contribution < -0.4 is 15.0 Å². The van der Waals surface area contributed by atoms with E-state index in [2.05, 4.69) is 20.0 Å². The number of piperazine rings is 1. The van der Waals surface area contributed by atoms with Gasteiger partial charge >= 0.3 is 6.36 Å². The second-order valence-electron chi connectivity index (χ2n) is 6.80. The second kappa shape index (κ2) is 7.01. The molecule has 2 saturated heterocycles. The Morgan fingerprint density at radius 3 is 2.69 bits per heavy atom. The van der Waals surface area contributed by atoms with E-state index in [9.17, 15) is 13.2 Å². The molecule has 1 N–H and O–H groups in total. The maximum atomic E-state index is 13.0. The molecule has 0 saturated carbocycles. The molecule has 2 bridgehead atoms. The summed E-state index contributed by atoms with van der Waals surface area (Å²) in [5.74, 6) is -0.580. The molecule has 2 fully saturated rings. The number of hydrogen-bond acceptors (Lipinski definition) is 8. The van der Waals surface area contributed by atoms with Crippen molar-refractivity contribution in [2.75, 3.05) is 31.2 Å². The van der Waals surface area contributed by atoms with Gasteiger partial charge in [0, 0.05) is 36.8 Å². The van der Waals surface area contributed by atoms with Crippen molar-refractivity contribution in [3.05, 3.63) is 22.7 Å². The van der Waals surface area contributed by atoms with Gasteiger partial charge in [-0.3, -0.25) is 0 Å². The molecule has 29 heavy (non-hydrogen) atoms. The van der Waals surface area contributed by atoms with Crippen LogP contribution in [0.4, 0.5) is 19.2 Å². The van der Waals surface area contributed by atoms with Gasteiger partial charge in [0.25, 0.3) is 6.01 Å². The lowest BCUT2D eigenvalue weighted by molar-refractivity contribution is -0.274. The standard InChI is InChI=1S/C17H14ClF3N4O3S/c18-11-3-10(15-22-1-2-29-15)13-12(14(11)28-17(19,20)21)24-16(27-13)25-4-8-6-26-7-9(5-25)23-8/h1-3,8-9,23H,4-7H2. The molecule has 0 spiro atoms. The monoisotopic (exact) mass is 446 g/mol. The number of halogens is 4. The van der Waals surface area contributed by atoms with Gasteiger partial charge in [0.2, 0.25) is 0 Å². The maximum absolute atomic E-state index is 13.0. The van der Waals surface area contributed by atoms with Crippen LogP contribution in [0.5, 0.6) is 5.75 Å². The number of thiazole rings is 1. The molecule has 5 rings (SSSR count). The summed E-state index contributed by atoms with van der Waals surface area (Å²) in [6.45, 7) is 2.20. The zero-order valence-electron chi connectivity index (χ0n) is 14.7. The Kier molecular flexibility index (Phi) is 4.57. The van der Waals surface area contributed by atoms with E-state index in [4.69, 9.17) is 20.8 Å². The highest BCUT2D eigenvalue weighted by atomic mass is 35.5. The van der Waals surface area contributed by atoms with E-state index in [1.54, 1.807) is 11.6 Å². The minimum Gasteiger partial charge on any atom is -0.422 e. The molecule has 154 valence electrons. The van der Waals surface area contributed by atoms with Crippen molar-refractivity contribution in [1.82, 2.24) is 15.3 Å². The first-order valence-electron chi connectivity index (χ1n) is 8.75. The van der Waals surface area contributed by atoms with Crippen molar-refractivity contribution in [2.45, 2.75) is 18.4 Å². The van der Waals surface area contributed by atoms with Crippen LogP contribution >= 0.6 is 22.9 Å². The lowest BCUT2D eigenvalue weighted by Crippen LogP contribution is -2.63. The summed E-state index contributed by atoms with van der Waals surface area (Å²) >= 11 is 7.45. The summed E-state index contributed by atoms with van der Waals surface area (Å²) in [7, 11) is 0. The summed E-state index contributed by atoms with van der Waals surface area (Å²) in [5, 5.41) is 5.53. The summed E-state index contributed by atoms with van der Waals surface area (Å²) < 4.78 is 54.5. The molecule has 4 heterocycles. The van der Waals surface area contributed by atoms with E-state index in [0.29, 0.717) is 36.9 Å². The molecular formula is C17H14ClF3N4O3S. The van der Waals surface area contributed by atoms with Gasteiger partial charge in [-0.05, 0) is 6.07 Å². The Bertz CT molecular complexity index is 1030. The number of alkyl halides is 3. The molecule has 1 aromatic carbocycles. The number of benzene rings is 1. The highest BCUT2D eigenvalue weighted by molar-refractivity contribution is 7.13. The normalized spacial score (nSPS) is 22.3. The number of nitrogens with zero attached hydrogens (tertiary/aromatic N) is 3. The molecule has 7 nitrogen and oxygen atoms in total. The van der Waals surface area contributed by atoms with Gasteiger partial charge in [0.1, 0.15) is 5.01 Å². The predicted octanol–water partition coefficient (Wildman–Crippen LogP) is 3.68. The van der Waals surface area contributed by atoms with Crippen LogP contribution in [0, 0.1) is 0 Å². The Labute approximate surface area is 171 Å². The zero-order chi connectivity index (χ0) is 20.2. The number of ether oxygens (including phenoxy) is 2. The SMILES string of the molecule is FC(F)(F)Oc1c(Cl)cc(-c2nccs2)c2oc(N3CC4COCC(C3)N4)nc12. The Hall–Kier alpha value is -2.08. The topological polar surface area (TPSA) is 72.7 Å². The fourth-order valence-electron chi connectivity index (χ4n) is 3.64. The smallest absolute Gasteiger partial charge is 0.422 e. The average Bonchev–Trinajstić information content (AvgIpc) is 3.33. The Morgan fingerprint density at radius 1 is 1.28 bits per heavy atom. The molecule has 2 aliphatic heterocycles. The fourth-order valence-corrected chi connectivity index (χ4v) is 4.52. The Morgan fingerprint density at radius 2 is 2.03 bits per heavy atom. The molecular weight excluding hydrogens is 433 g/mol. The van der Waals surface area contributed by atoms with Crippen molar-refractivity contribution >= 4 is 40.1 Å². The van der Waals surface area contributed by atoms with E-state index in [-0.39, 0.29) is 34.2 Å². The quantitative estimate of drug-likeness (QED) is 0.658. The average molecular weight is 447 g/mol. The molecule has 0 radical (unpaired) electrons. The van der Waals surface area contributed by atoms with Crippen molar-refractivity contribution in [3.8, 4) is 16.3 Å². The number of nitrogens with one attached hydrogen (secondary N) is 1. The van der Waals surface area contributed by atoms with Crippen LogP contribution in [0.1, 0.15) is 0 Å². The highest BCUT2D eigenvalue weighted by Gasteiger charge is 2.36. The van der Waals surface area contributed by atoms with Crippen molar-refractivity contribution in [2.24, 2.45) is 0 Å². The molecule has 2 aliphatic rings. The number of anilines is 1. The summed E-state index contributed by atoms with van der Waals surface area (Å²) in [6, 6.07) is 1.75. The Balaban J connectivity index is 1.63. The minimum absolute atomic E-state index is 0.0880. The number of aromatic nitrogens is 2. The van der Waals surface area contributed by atoms with Crippen LogP contribution in [0.25, 0.3) is 21.7 Å². The molecule has 12 heteroatoms. The van der Waals surface area contributed by atoms with Gasteiger partial charge in [0.15, 0.2) is 16.8 Å². The number of rotatable bonds is 3. The lowest BCUT2D eigenvalue weighted by Gasteiger charge is -2.41. The molecule has 2 atom stereocenters. The van der Waals surface area contributed by atoms with Crippen LogP contribution in [-0.2, 0) is 4.74 Å². The van der Waals surface area contributed by atoms with Gasteiger partial charge in [-0.1, -0.05) is 11.6 Å². The van der Waals surface area contributed by atoms with Gasteiger partial charge < -0.3 is 24.1 Å². The van der Waals surface area contributed by atoms with Crippen LogP contribution in [-0.4, -0.2) is 54.7 Å². The third-order valence-electron chi connectivity index (χ3n) is 4.71. The molecule has 2 aromatic heterocycles. The third-order valence-corrected chi connectivity index (χ3v) is 5.79. The van der Waals surface area contributed by atoms with Crippen molar-refractivity contribution in [3.63, 3.8) is 0 Å². The van der Waals surface area contributed by atoms with E-state index >= 15 is 0 Å². The number of hydrogen-bond donors (Lipinski definition) is 1. The van der Waals surface area contributed by atoms with E-state index in [1.165, 1.54) is 17.4 Å². The van der Waals surface area contributed by atoms with E-state index in [1.807, 2.05) is 4.90 Å². The molecule has 0 aliphatic carbocycles. The molecule has 2 unspecified atom stereocenters. The van der Waals surface area contributed by atoms with Gasteiger partial charge in [-0.25, -0.2) is 4.98 Å². The third kappa shape index (κ3) is 3.63. The predicted molar refractivity (Wildman–Crippen MR) is 101 cm³/mol. The first-order chi connectivity index (χ1) is 13.9. The van der Waals surface area contributed by atoms with E-state index < -0.39 is 12.1 Å². The largest absolute Gasteiger partial charge is 0.573 e. The number of morpholine rings is 1. The number of oxazole rings is 1. The zero-order valence-corrected chi connectivity index (χ0v) is 16.3. The van der Waals surface area contributed by atoms with Gasteiger partial charge in [-0.15, -0.1) is 24.5 Å². The highest BCUT2D eigenvalue weighted by Crippen LogP contribution is 2.44. The minimum atomic E-state index is -4.91. The van der Waals surface area contributed by atoms with Crippen molar-refractivity contribution in [1.29, 1.82) is 0 Å². The van der Waals surface area contributed by atoms with E-state index in [0.717, 1.165) is 0 Å². The van der Waals surface area contributed by atoms with Crippen molar-refractivity contribution < 1.29 is 27.1 Å². The van der Waals surface area contributed by atoms with Crippen LogP contribution in [0.2, 0.25) is 5.02 Å².